The average Bonchev–Trinajstić information content (AvgIpc) is 2.36. The number of hydrogen-bond acceptors (Lipinski definition) is 5. The molecule has 7 heteroatoms. The summed E-state index contributed by atoms with van der Waals surface area (Å²) in [7, 11) is -3.28. The molecule has 0 fully saturated rings. The molecule has 0 aromatic heterocycles. The van der Waals surface area contributed by atoms with Crippen LogP contribution in [-0.4, -0.2) is 30.9 Å². The summed E-state index contributed by atoms with van der Waals surface area (Å²) in [6, 6.07) is 5.79. The van der Waals surface area contributed by atoms with Gasteiger partial charge in [0.1, 0.15) is 0 Å². The summed E-state index contributed by atoms with van der Waals surface area (Å²) >= 11 is 0. The Morgan fingerprint density at radius 3 is 2.58 bits per heavy atom. The molecule has 0 radical (unpaired) electrons. The Kier molecular flexibility index (Phi) is 5.44. The normalized spacial score (nSPS) is 13.2. The molecule has 0 spiro atoms. The first-order chi connectivity index (χ1) is 8.85. The summed E-state index contributed by atoms with van der Waals surface area (Å²) in [5.74, 6) is -0.199. The highest BCUT2D eigenvalue weighted by Crippen LogP contribution is 2.18. The van der Waals surface area contributed by atoms with Gasteiger partial charge in [-0.2, -0.15) is 0 Å². The van der Waals surface area contributed by atoms with E-state index in [2.05, 4.69) is 0 Å². The predicted molar refractivity (Wildman–Crippen MR) is 73.7 cm³/mol. The van der Waals surface area contributed by atoms with Gasteiger partial charge in [0.05, 0.1) is 16.4 Å². The van der Waals surface area contributed by atoms with Gasteiger partial charge in [-0.3, -0.25) is 10.1 Å². The molecule has 1 unspecified atom stereocenters. The van der Waals surface area contributed by atoms with Crippen molar-refractivity contribution < 1.29 is 13.3 Å². The van der Waals surface area contributed by atoms with E-state index in [1.54, 1.807) is 18.2 Å². The van der Waals surface area contributed by atoms with E-state index in [4.69, 9.17) is 5.73 Å². The summed E-state index contributed by atoms with van der Waals surface area (Å²) in [6.45, 7) is 1.82. The lowest BCUT2D eigenvalue weighted by molar-refractivity contribution is -0.385. The second-order valence-corrected chi connectivity index (χ2v) is 6.65. The maximum absolute atomic E-state index is 11.8. The van der Waals surface area contributed by atoms with Crippen molar-refractivity contribution in [3.05, 3.63) is 39.9 Å². The van der Waals surface area contributed by atoms with E-state index in [0.29, 0.717) is 12.0 Å². The number of aryl methyl sites for hydroxylation is 1. The number of para-hydroxylation sites is 1. The SMILES string of the molecule is CCC(N)CS(=O)(=O)CCc1ccccc1[N+](=O)[O-]. The zero-order valence-corrected chi connectivity index (χ0v) is 11.6. The van der Waals surface area contributed by atoms with Gasteiger partial charge >= 0.3 is 0 Å². The lowest BCUT2D eigenvalue weighted by atomic mass is 10.1. The van der Waals surface area contributed by atoms with Crippen LogP contribution in [-0.2, 0) is 16.3 Å². The molecule has 0 saturated carbocycles. The molecule has 2 N–H and O–H groups in total. The van der Waals surface area contributed by atoms with E-state index < -0.39 is 14.8 Å². The number of sulfone groups is 1. The number of nitrogens with two attached hydrogens (primary N) is 1. The van der Waals surface area contributed by atoms with E-state index >= 15 is 0 Å². The summed E-state index contributed by atoms with van der Waals surface area (Å²) in [5.41, 5.74) is 6.01. The number of benzene rings is 1. The molecule has 1 aromatic rings. The molecule has 6 nitrogen and oxygen atoms in total. The lowest BCUT2D eigenvalue weighted by Crippen LogP contribution is -2.30. The van der Waals surface area contributed by atoms with Gasteiger partial charge in [0, 0.05) is 17.7 Å². The predicted octanol–water partition coefficient (Wildman–Crippen LogP) is 1.29. The van der Waals surface area contributed by atoms with Crippen LogP contribution in [0.1, 0.15) is 18.9 Å². The lowest BCUT2D eigenvalue weighted by Gasteiger charge is -2.09. The van der Waals surface area contributed by atoms with Crippen molar-refractivity contribution in [1.82, 2.24) is 0 Å². The second-order valence-electron chi connectivity index (χ2n) is 4.42. The Balaban J connectivity index is 2.74. The molecule has 0 saturated heterocycles. The van der Waals surface area contributed by atoms with Crippen LogP contribution in [0.25, 0.3) is 0 Å². The third-order valence-corrected chi connectivity index (χ3v) is 4.63. The van der Waals surface area contributed by atoms with Crippen molar-refractivity contribution in [1.29, 1.82) is 0 Å². The first-order valence-corrected chi connectivity index (χ1v) is 7.86. The van der Waals surface area contributed by atoms with Crippen molar-refractivity contribution in [3.63, 3.8) is 0 Å². The molecule has 1 atom stereocenters. The van der Waals surface area contributed by atoms with Gasteiger partial charge in [-0.1, -0.05) is 25.1 Å². The smallest absolute Gasteiger partial charge is 0.272 e. The topological polar surface area (TPSA) is 103 Å². The fourth-order valence-corrected chi connectivity index (χ4v) is 3.28. The largest absolute Gasteiger partial charge is 0.327 e. The van der Waals surface area contributed by atoms with Gasteiger partial charge in [0.15, 0.2) is 9.84 Å². The zero-order valence-electron chi connectivity index (χ0n) is 10.8. The molecule has 0 amide bonds. The van der Waals surface area contributed by atoms with Gasteiger partial charge in [-0.05, 0) is 12.8 Å². The fourth-order valence-electron chi connectivity index (χ4n) is 1.69. The van der Waals surface area contributed by atoms with E-state index in [1.807, 2.05) is 6.92 Å². The Morgan fingerprint density at radius 1 is 1.37 bits per heavy atom. The van der Waals surface area contributed by atoms with Crippen molar-refractivity contribution in [3.8, 4) is 0 Å². The third-order valence-electron chi connectivity index (χ3n) is 2.86. The standard InChI is InChI=1S/C12H18N2O4S/c1-2-11(13)9-19(17,18)8-7-10-5-3-4-6-12(10)14(15)16/h3-6,11H,2,7-9,13H2,1H3. The van der Waals surface area contributed by atoms with Gasteiger partial charge in [-0.25, -0.2) is 8.42 Å². The molecule has 0 aliphatic heterocycles. The number of nitrogens with zero attached hydrogens (tertiary/aromatic N) is 1. The molecule has 1 rings (SSSR count). The van der Waals surface area contributed by atoms with Gasteiger partial charge in [0.25, 0.3) is 5.69 Å². The molecule has 0 bridgehead atoms. The van der Waals surface area contributed by atoms with E-state index in [0.717, 1.165) is 0 Å². The van der Waals surface area contributed by atoms with Crippen LogP contribution in [0.15, 0.2) is 24.3 Å². The molecular weight excluding hydrogens is 268 g/mol. The minimum atomic E-state index is -3.28. The van der Waals surface area contributed by atoms with Crippen molar-refractivity contribution in [2.24, 2.45) is 5.73 Å². The van der Waals surface area contributed by atoms with E-state index in [1.165, 1.54) is 6.07 Å². The zero-order chi connectivity index (χ0) is 14.5. The highest BCUT2D eigenvalue weighted by atomic mass is 32.2. The van der Waals surface area contributed by atoms with Crippen molar-refractivity contribution in [2.75, 3.05) is 11.5 Å². The quantitative estimate of drug-likeness (QED) is 0.601. The molecule has 19 heavy (non-hydrogen) atoms. The van der Waals surface area contributed by atoms with Gasteiger partial charge in [0.2, 0.25) is 0 Å². The molecule has 1 aromatic carbocycles. The Labute approximate surface area is 112 Å². The summed E-state index contributed by atoms with van der Waals surface area (Å²) in [5, 5.41) is 10.8. The molecular formula is C12H18N2O4S. The van der Waals surface area contributed by atoms with Crippen LogP contribution in [0.4, 0.5) is 5.69 Å². The van der Waals surface area contributed by atoms with Crippen LogP contribution < -0.4 is 5.73 Å². The van der Waals surface area contributed by atoms with Crippen LogP contribution >= 0.6 is 0 Å². The minimum Gasteiger partial charge on any atom is -0.327 e. The molecule has 0 heterocycles. The average molecular weight is 286 g/mol. The second kappa shape index (κ2) is 6.63. The van der Waals surface area contributed by atoms with E-state index in [-0.39, 0.29) is 29.7 Å². The number of nitro benzene ring substituents is 1. The Bertz CT molecular complexity index is 542. The summed E-state index contributed by atoms with van der Waals surface area (Å²) < 4.78 is 23.6. The van der Waals surface area contributed by atoms with Crippen molar-refractivity contribution >= 4 is 15.5 Å². The van der Waals surface area contributed by atoms with Crippen LogP contribution in [0.3, 0.4) is 0 Å². The number of nitro groups is 1. The molecule has 106 valence electrons. The third kappa shape index (κ3) is 4.96. The van der Waals surface area contributed by atoms with Crippen LogP contribution in [0.2, 0.25) is 0 Å². The van der Waals surface area contributed by atoms with E-state index in [9.17, 15) is 18.5 Å². The monoisotopic (exact) mass is 286 g/mol. The number of hydrogen-bond donors (Lipinski definition) is 1. The maximum Gasteiger partial charge on any atom is 0.272 e. The first-order valence-electron chi connectivity index (χ1n) is 6.04. The summed E-state index contributed by atoms with van der Waals surface area (Å²) in [4.78, 5) is 10.3. The van der Waals surface area contributed by atoms with Crippen LogP contribution in [0.5, 0.6) is 0 Å². The number of rotatable bonds is 7. The maximum atomic E-state index is 11.8. The molecule has 0 aliphatic carbocycles. The minimum absolute atomic E-state index is 0.0440. The van der Waals surface area contributed by atoms with Crippen molar-refractivity contribution in [2.45, 2.75) is 25.8 Å². The van der Waals surface area contributed by atoms with Gasteiger partial charge in [-0.15, -0.1) is 0 Å². The highest BCUT2D eigenvalue weighted by molar-refractivity contribution is 7.91. The highest BCUT2D eigenvalue weighted by Gasteiger charge is 2.18. The van der Waals surface area contributed by atoms with Crippen LogP contribution in [0, 0.1) is 10.1 Å². The summed E-state index contributed by atoms with van der Waals surface area (Å²) in [6.07, 6.45) is 0.723. The Hall–Kier alpha value is -1.47. The Morgan fingerprint density at radius 2 is 2.00 bits per heavy atom. The first kappa shape index (κ1) is 15.6. The fraction of sp³-hybridized carbons (Fsp3) is 0.500. The van der Waals surface area contributed by atoms with Gasteiger partial charge < -0.3 is 5.73 Å². The molecule has 0 aliphatic rings.